The third-order valence-corrected chi connectivity index (χ3v) is 4.26. The molecule has 0 aliphatic heterocycles. The van der Waals surface area contributed by atoms with Gasteiger partial charge in [-0.1, -0.05) is 34.1 Å². The SMILES string of the molecule is CSc1ccc(C(=O)Cc2ccc(F)cc2Br)cc1. The molecular weight excluding hydrogens is 327 g/mol. The maximum absolute atomic E-state index is 13.0. The normalized spacial score (nSPS) is 10.5. The molecule has 0 N–H and O–H groups in total. The molecular formula is C15H12BrFOS. The van der Waals surface area contributed by atoms with E-state index in [1.165, 1.54) is 12.1 Å². The van der Waals surface area contributed by atoms with E-state index in [1.54, 1.807) is 17.8 Å². The Hall–Kier alpha value is -1.13. The summed E-state index contributed by atoms with van der Waals surface area (Å²) in [7, 11) is 0. The summed E-state index contributed by atoms with van der Waals surface area (Å²) < 4.78 is 13.6. The summed E-state index contributed by atoms with van der Waals surface area (Å²) in [6, 6.07) is 11.9. The Labute approximate surface area is 124 Å². The van der Waals surface area contributed by atoms with Crippen LogP contribution in [-0.4, -0.2) is 12.0 Å². The maximum Gasteiger partial charge on any atom is 0.167 e. The third kappa shape index (κ3) is 3.67. The minimum absolute atomic E-state index is 0.0277. The van der Waals surface area contributed by atoms with Gasteiger partial charge in [-0.15, -0.1) is 11.8 Å². The molecule has 0 aromatic heterocycles. The number of hydrogen-bond acceptors (Lipinski definition) is 2. The molecule has 0 aliphatic rings. The van der Waals surface area contributed by atoms with Gasteiger partial charge in [-0.25, -0.2) is 4.39 Å². The lowest BCUT2D eigenvalue weighted by Gasteiger charge is -2.05. The summed E-state index contributed by atoms with van der Waals surface area (Å²) in [6.45, 7) is 0. The van der Waals surface area contributed by atoms with Crippen molar-refractivity contribution in [3.8, 4) is 0 Å². The molecule has 4 heteroatoms. The van der Waals surface area contributed by atoms with Crippen molar-refractivity contribution in [3.05, 3.63) is 63.9 Å². The number of thioether (sulfide) groups is 1. The number of ketones is 1. The van der Waals surface area contributed by atoms with E-state index < -0.39 is 0 Å². The van der Waals surface area contributed by atoms with Gasteiger partial charge in [-0.3, -0.25) is 4.79 Å². The summed E-state index contributed by atoms with van der Waals surface area (Å²) in [5, 5.41) is 0. The second-order valence-corrected chi connectivity index (χ2v) is 5.80. The third-order valence-electron chi connectivity index (χ3n) is 2.78. The van der Waals surface area contributed by atoms with Crippen LogP contribution in [0.5, 0.6) is 0 Å². The van der Waals surface area contributed by atoms with Crippen LogP contribution in [0.4, 0.5) is 4.39 Å². The molecule has 98 valence electrons. The lowest BCUT2D eigenvalue weighted by Crippen LogP contribution is -2.04. The van der Waals surface area contributed by atoms with Gasteiger partial charge in [0.25, 0.3) is 0 Å². The van der Waals surface area contributed by atoms with Gasteiger partial charge in [0, 0.05) is 21.4 Å². The first-order chi connectivity index (χ1) is 9.10. The van der Waals surface area contributed by atoms with Crippen molar-refractivity contribution < 1.29 is 9.18 Å². The largest absolute Gasteiger partial charge is 0.294 e. The van der Waals surface area contributed by atoms with E-state index in [2.05, 4.69) is 15.9 Å². The van der Waals surface area contributed by atoms with Crippen molar-refractivity contribution in [2.45, 2.75) is 11.3 Å². The molecule has 2 aromatic carbocycles. The van der Waals surface area contributed by atoms with Crippen LogP contribution >= 0.6 is 27.7 Å². The van der Waals surface area contributed by atoms with Gasteiger partial charge in [0.1, 0.15) is 5.82 Å². The van der Waals surface area contributed by atoms with Gasteiger partial charge in [-0.2, -0.15) is 0 Å². The number of carbonyl (C=O) groups excluding carboxylic acids is 1. The molecule has 0 heterocycles. The quantitative estimate of drug-likeness (QED) is 0.591. The Balaban J connectivity index is 2.15. The molecule has 0 amide bonds. The highest BCUT2D eigenvalue weighted by Crippen LogP contribution is 2.21. The molecule has 0 saturated carbocycles. The number of Topliss-reactive ketones (excluding diaryl/α,β-unsaturated/α-hetero) is 1. The second kappa shape index (κ2) is 6.35. The van der Waals surface area contributed by atoms with Crippen LogP contribution in [0.3, 0.4) is 0 Å². The van der Waals surface area contributed by atoms with Gasteiger partial charge in [0.2, 0.25) is 0 Å². The molecule has 0 radical (unpaired) electrons. The van der Waals surface area contributed by atoms with Crippen LogP contribution in [-0.2, 0) is 6.42 Å². The first kappa shape index (κ1) is 14.3. The number of carbonyl (C=O) groups is 1. The van der Waals surface area contributed by atoms with E-state index in [9.17, 15) is 9.18 Å². The summed E-state index contributed by atoms with van der Waals surface area (Å²) in [5.41, 5.74) is 1.47. The van der Waals surface area contributed by atoms with Crippen molar-refractivity contribution in [1.82, 2.24) is 0 Å². The van der Waals surface area contributed by atoms with Gasteiger partial charge >= 0.3 is 0 Å². The molecule has 1 nitrogen and oxygen atoms in total. The molecule has 2 rings (SSSR count). The van der Waals surface area contributed by atoms with E-state index in [4.69, 9.17) is 0 Å². The minimum Gasteiger partial charge on any atom is -0.294 e. The first-order valence-corrected chi connectivity index (χ1v) is 7.73. The monoisotopic (exact) mass is 338 g/mol. The zero-order valence-corrected chi connectivity index (χ0v) is 12.7. The highest BCUT2D eigenvalue weighted by atomic mass is 79.9. The van der Waals surface area contributed by atoms with Gasteiger partial charge in [0.15, 0.2) is 5.78 Å². The van der Waals surface area contributed by atoms with E-state index >= 15 is 0 Å². The molecule has 0 bridgehead atoms. The van der Waals surface area contributed by atoms with Crippen molar-refractivity contribution in [2.75, 3.05) is 6.26 Å². The summed E-state index contributed by atoms with van der Waals surface area (Å²) >= 11 is 4.91. The predicted molar refractivity (Wildman–Crippen MR) is 80.4 cm³/mol. The van der Waals surface area contributed by atoms with Gasteiger partial charge < -0.3 is 0 Å². The predicted octanol–water partition coefficient (Wildman–Crippen LogP) is 4.74. The minimum atomic E-state index is -0.313. The fraction of sp³-hybridized carbons (Fsp3) is 0.133. The van der Waals surface area contributed by atoms with E-state index in [0.29, 0.717) is 10.0 Å². The lowest BCUT2D eigenvalue weighted by molar-refractivity contribution is 0.0992. The fourth-order valence-corrected chi connectivity index (χ4v) is 2.62. The van der Waals surface area contributed by atoms with E-state index in [1.807, 2.05) is 30.5 Å². The van der Waals surface area contributed by atoms with Crippen molar-refractivity contribution >= 4 is 33.5 Å². The molecule has 0 spiro atoms. The summed E-state index contributed by atoms with van der Waals surface area (Å²) in [5.74, 6) is -0.285. The number of hydrogen-bond donors (Lipinski definition) is 0. The van der Waals surface area contributed by atoms with Gasteiger partial charge in [0.05, 0.1) is 0 Å². The van der Waals surface area contributed by atoms with Crippen LogP contribution in [0, 0.1) is 5.82 Å². The number of halogens is 2. The zero-order chi connectivity index (χ0) is 13.8. The Morgan fingerprint density at radius 2 is 1.89 bits per heavy atom. The highest BCUT2D eigenvalue weighted by Gasteiger charge is 2.10. The zero-order valence-electron chi connectivity index (χ0n) is 10.3. The van der Waals surface area contributed by atoms with Crippen LogP contribution in [0.25, 0.3) is 0 Å². The van der Waals surface area contributed by atoms with Crippen molar-refractivity contribution in [2.24, 2.45) is 0 Å². The van der Waals surface area contributed by atoms with E-state index in [-0.39, 0.29) is 18.0 Å². The standard InChI is InChI=1S/C15H12BrFOS/c1-19-13-6-3-10(4-7-13)15(18)8-11-2-5-12(17)9-14(11)16/h2-7,9H,8H2,1H3. The molecule has 0 atom stereocenters. The highest BCUT2D eigenvalue weighted by molar-refractivity contribution is 9.10. The van der Waals surface area contributed by atoms with Crippen LogP contribution in [0.15, 0.2) is 51.8 Å². The van der Waals surface area contributed by atoms with E-state index in [0.717, 1.165) is 10.5 Å². The molecule has 2 aromatic rings. The topological polar surface area (TPSA) is 17.1 Å². The Kier molecular flexibility index (Phi) is 4.77. The second-order valence-electron chi connectivity index (χ2n) is 4.06. The van der Waals surface area contributed by atoms with Crippen molar-refractivity contribution in [1.29, 1.82) is 0 Å². The summed E-state index contributed by atoms with van der Waals surface area (Å²) in [6.07, 6.45) is 2.26. The average molecular weight is 339 g/mol. The smallest absolute Gasteiger partial charge is 0.167 e. The Bertz CT molecular complexity index is 596. The molecule has 0 fully saturated rings. The first-order valence-electron chi connectivity index (χ1n) is 5.71. The summed E-state index contributed by atoms with van der Waals surface area (Å²) in [4.78, 5) is 13.3. The Morgan fingerprint density at radius 3 is 2.47 bits per heavy atom. The van der Waals surface area contributed by atoms with Crippen LogP contribution in [0.1, 0.15) is 15.9 Å². The molecule has 19 heavy (non-hydrogen) atoms. The number of benzene rings is 2. The lowest BCUT2D eigenvalue weighted by atomic mass is 10.0. The molecule has 0 saturated heterocycles. The van der Waals surface area contributed by atoms with Crippen LogP contribution < -0.4 is 0 Å². The van der Waals surface area contributed by atoms with Crippen LogP contribution in [0.2, 0.25) is 0 Å². The molecule has 0 aliphatic carbocycles. The molecule has 0 unspecified atom stereocenters. The average Bonchev–Trinajstić information content (AvgIpc) is 2.42. The Morgan fingerprint density at radius 1 is 1.21 bits per heavy atom. The number of rotatable bonds is 4. The van der Waals surface area contributed by atoms with Crippen molar-refractivity contribution in [3.63, 3.8) is 0 Å². The fourth-order valence-electron chi connectivity index (χ4n) is 1.72. The maximum atomic E-state index is 13.0. The van der Waals surface area contributed by atoms with Gasteiger partial charge in [-0.05, 0) is 36.1 Å².